The van der Waals surface area contributed by atoms with E-state index in [1.54, 1.807) is 6.07 Å². The molecule has 0 bridgehead atoms. The van der Waals surface area contributed by atoms with E-state index in [-0.39, 0.29) is 11.8 Å². The molecule has 0 amide bonds. The SMILES string of the molecule is COC(=O)CCCN(C)Cc1cc(F)ccc1Cl. The van der Waals surface area contributed by atoms with Gasteiger partial charge >= 0.3 is 5.97 Å². The number of nitrogens with zero attached hydrogens (tertiary/aromatic N) is 1. The molecule has 1 aromatic rings. The summed E-state index contributed by atoms with van der Waals surface area (Å²) in [6, 6.07) is 4.32. The standard InChI is InChI=1S/C13H17ClFNO2/c1-16(7-3-4-13(17)18-2)9-10-8-11(15)5-6-12(10)14/h5-6,8H,3-4,7,9H2,1-2H3. The topological polar surface area (TPSA) is 29.5 Å². The van der Waals surface area contributed by atoms with E-state index in [4.69, 9.17) is 11.6 Å². The first kappa shape index (κ1) is 14.9. The molecule has 3 nitrogen and oxygen atoms in total. The van der Waals surface area contributed by atoms with Crippen LogP contribution in [0.25, 0.3) is 0 Å². The molecule has 0 radical (unpaired) electrons. The van der Waals surface area contributed by atoms with Gasteiger partial charge in [0, 0.05) is 18.0 Å². The fraction of sp³-hybridized carbons (Fsp3) is 0.462. The van der Waals surface area contributed by atoms with Crippen LogP contribution in [0, 0.1) is 5.82 Å². The van der Waals surface area contributed by atoms with E-state index >= 15 is 0 Å². The van der Waals surface area contributed by atoms with E-state index in [0.717, 1.165) is 12.1 Å². The number of hydrogen-bond donors (Lipinski definition) is 0. The summed E-state index contributed by atoms with van der Waals surface area (Å²) >= 11 is 5.98. The van der Waals surface area contributed by atoms with Crippen molar-refractivity contribution in [2.24, 2.45) is 0 Å². The highest BCUT2D eigenvalue weighted by Crippen LogP contribution is 2.18. The maximum atomic E-state index is 13.1. The third-order valence-electron chi connectivity index (χ3n) is 2.60. The minimum Gasteiger partial charge on any atom is -0.469 e. The Hall–Kier alpha value is -1.13. The maximum Gasteiger partial charge on any atom is 0.305 e. The Bertz CT molecular complexity index is 412. The average molecular weight is 274 g/mol. The first-order chi connectivity index (χ1) is 8.52. The summed E-state index contributed by atoms with van der Waals surface area (Å²) in [5.41, 5.74) is 0.747. The zero-order valence-electron chi connectivity index (χ0n) is 10.6. The predicted molar refractivity (Wildman–Crippen MR) is 69.0 cm³/mol. The smallest absolute Gasteiger partial charge is 0.305 e. The molecule has 0 aliphatic rings. The molecule has 0 saturated carbocycles. The van der Waals surface area contributed by atoms with E-state index in [1.807, 2.05) is 11.9 Å². The second-order valence-electron chi connectivity index (χ2n) is 4.15. The van der Waals surface area contributed by atoms with Crippen LogP contribution in [0.15, 0.2) is 18.2 Å². The molecule has 0 fully saturated rings. The second-order valence-corrected chi connectivity index (χ2v) is 4.56. The highest BCUT2D eigenvalue weighted by molar-refractivity contribution is 6.31. The molecule has 0 spiro atoms. The van der Waals surface area contributed by atoms with Gasteiger partial charge in [-0.3, -0.25) is 4.79 Å². The largest absolute Gasteiger partial charge is 0.469 e. The Kier molecular flexibility index (Phi) is 6.09. The lowest BCUT2D eigenvalue weighted by Gasteiger charge is -2.17. The van der Waals surface area contributed by atoms with Crippen molar-refractivity contribution in [2.75, 3.05) is 20.7 Å². The Labute approximate surface area is 111 Å². The minimum absolute atomic E-state index is 0.216. The lowest BCUT2D eigenvalue weighted by atomic mass is 10.2. The molecule has 0 heterocycles. The van der Waals surface area contributed by atoms with Crippen molar-refractivity contribution in [3.63, 3.8) is 0 Å². The van der Waals surface area contributed by atoms with Crippen LogP contribution in [0.1, 0.15) is 18.4 Å². The summed E-state index contributed by atoms with van der Waals surface area (Å²) < 4.78 is 17.6. The number of rotatable bonds is 6. The number of carbonyl (C=O) groups excluding carboxylic acids is 1. The van der Waals surface area contributed by atoms with Crippen LogP contribution < -0.4 is 0 Å². The molecule has 0 aliphatic heterocycles. The monoisotopic (exact) mass is 273 g/mol. The van der Waals surface area contributed by atoms with Crippen molar-refractivity contribution in [1.29, 1.82) is 0 Å². The summed E-state index contributed by atoms with van der Waals surface area (Å²) in [4.78, 5) is 12.9. The molecule has 0 unspecified atom stereocenters. The molecule has 0 aromatic heterocycles. The summed E-state index contributed by atoms with van der Waals surface area (Å²) in [5, 5.41) is 0.552. The van der Waals surface area contributed by atoms with Gasteiger partial charge in [-0.1, -0.05) is 11.6 Å². The highest BCUT2D eigenvalue weighted by Gasteiger charge is 2.07. The lowest BCUT2D eigenvalue weighted by Crippen LogP contribution is -2.20. The van der Waals surface area contributed by atoms with E-state index in [9.17, 15) is 9.18 Å². The molecule has 1 rings (SSSR count). The minimum atomic E-state index is -0.294. The third kappa shape index (κ3) is 5.02. The van der Waals surface area contributed by atoms with Crippen molar-refractivity contribution >= 4 is 17.6 Å². The van der Waals surface area contributed by atoms with Crippen LogP contribution in [0.4, 0.5) is 4.39 Å². The predicted octanol–water partition coefficient (Wildman–Crippen LogP) is 2.86. The number of hydrogen-bond acceptors (Lipinski definition) is 3. The number of esters is 1. The first-order valence-electron chi connectivity index (χ1n) is 5.72. The van der Waals surface area contributed by atoms with Crippen molar-refractivity contribution in [3.05, 3.63) is 34.6 Å². The molecule has 0 aliphatic carbocycles. The van der Waals surface area contributed by atoms with E-state index in [0.29, 0.717) is 24.4 Å². The third-order valence-corrected chi connectivity index (χ3v) is 2.97. The molecule has 0 saturated heterocycles. The van der Waals surface area contributed by atoms with Crippen LogP contribution in [-0.2, 0) is 16.1 Å². The Morgan fingerprint density at radius 3 is 2.89 bits per heavy atom. The van der Waals surface area contributed by atoms with Gasteiger partial charge in [0.1, 0.15) is 5.82 Å². The van der Waals surface area contributed by atoms with Crippen LogP contribution in [0.2, 0.25) is 5.02 Å². The summed E-state index contributed by atoms with van der Waals surface area (Å²) in [6.07, 6.45) is 1.09. The molecule has 100 valence electrons. The number of carbonyl (C=O) groups is 1. The molecular weight excluding hydrogens is 257 g/mol. The normalized spacial score (nSPS) is 10.7. The van der Waals surface area contributed by atoms with Crippen LogP contribution in [0.3, 0.4) is 0 Å². The number of methoxy groups -OCH3 is 1. The molecular formula is C13H17ClFNO2. The van der Waals surface area contributed by atoms with Gasteiger partial charge in [-0.15, -0.1) is 0 Å². The highest BCUT2D eigenvalue weighted by atomic mass is 35.5. The van der Waals surface area contributed by atoms with E-state index in [2.05, 4.69) is 4.74 Å². The van der Waals surface area contributed by atoms with Gasteiger partial charge in [0.05, 0.1) is 7.11 Å². The van der Waals surface area contributed by atoms with Crippen LogP contribution in [-0.4, -0.2) is 31.6 Å². The maximum absolute atomic E-state index is 13.1. The van der Waals surface area contributed by atoms with Crippen LogP contribution >= 0.6 is 11.6 Å². The second kappa shape index (κ2) is 7.34. The lowest BCUT2D eigenvalue weighted by molar-refractivity contribution is -0.140. The van der Waals surface area contributed by atoms with Gasteiger partial charge in [0.15, 0.2) is 0 Å². The number of ether oxygens (including phenoxy) is 1. The zero-order valence-corrected chi connectivity index (χ0v) is 11.3. The van der Waals surface area contributed by atoms with E-state index in [1.165, 1.54) is 19.2 Å². The van der Waals surface area contributed by atoms with Gasteiger partial charge in [-0.05, 0) is 43.8 Å². The molecule has 5 heteroatoms. The Morgan fingerprint density at radius 1 is 1.50 bits per heavy atom. The Morgan fingerprint density at radius 2 is 2.22 bits per heavy atom. The van der Waals surface area contributed by atoms with Crippen molar-refractivity contribution < 1.29 is 13.9 Å². The van der Waals surface area contributed by atoms with Crippen molar-refractivity contribution in [2.45, 2.75) is 19.4 Å². The Balaban J connectivity index is 2.42. The number of benzene rings is 1. The molecule has 0 N–H and O–H groups in total. The summed E-state index contributed by atoms with van der Waals surface area (Å²) in [7, 11) is 3.27. The fourth-order valence-electron chi connectivity index (χ4n) is 1.63. The van der Waals surface area contributed by atoms with Crippen molar-refractivity contribution in [1.82, 2.24) is 4.90 Å². The van der Waals surface area contributed by atoms with Gasteiger partial charge < -0.3 is 9.64 Å². The van der Waals surface area contributed by atoms with Crippen LogP contribution in [0.5, 0.6) is 0 Å². The molecule has 0 atom stereocenters. The fourth-order valence-corrected chi connectivity index (χ4v) is 1.81. The average Bonchev–Trinajstić information content (AvgIpc) is 2.33. The molecule has 1 aromatic carbocycles. The number of halogens is 2. The summed E-state index contributed by atoms with van der Waals surface area (Å²) in [6.45, 7) is 1.28. The van der Waals surface area contributed by atoms with Gasteiger partial charge in [0.2, 0.25) is 0 Å². The quantitative estimate of drug-likeness (QED) is 0.747. The molecule has 18 heavy (non-hydrogen) atoms. The van der Waals surface area contributed by atoms with E-state index < -0.39 is 0 Å². The van der Waals surface area contributed by atoms with Gasteiger partial charge in [-0.25, -0.2) is 4.39 Å². The van der Waals surface area contributed by atoms with Gasteiger partial charge in [0.25, 0.3) is 0 Å². The summed E-state index contributed by atoms with van der Waals surface area (Å²) in [5.74, 6) is -0.510. The van der Waals surface area contributed by atoms with Gasteiger partial charge in [-0.2, -0.15) is 0 Å². The van der Waals surface area contributed by atoms with Crippen molar-refractivity contribution in [3.8, 4) is 0 Å². The first-order valence-corrected chi connectivity index (χ1v) is 6.10. The zero-order chi connectivity index (χ0) is 13.5.